The molecule has 7 heteroatoms. The van der Waals surface area contributed by atoms with Gasteiger partial charge in [0.15, 0.2) is 11.2 Å². The van der Waals surface area contributed by atoms with Crippen LogP contribution in [0, 0.1) is 13.0 Å². The van der Waals surface area contributed by atoms with Crippen LogP contribution in [0.3, 0.4) is 0 Å². The third kappa shape index (κ3) is 6.11. The van der Waals surface area contributed by atoms with Crippen LogP contribution in [0.15, 0.2) is 88.7 Å². The Balaban J connectivity index is 0.000000203. The number of rotatable bonds is 4. The quantitative estimate of drug-likeness (QED) is 0.267. The van der Waals surface area contributed by atoms with Gasteiger partial charge in [-0.15, -0.1) is 35.4 Å². The van der Waals surface area contributed by atoms with Crippen LogP contribution < -0.4 is 16.2 Å². The van der Waals surface area contributed by atoms with E-state index < -0.39 is 11.2 Å². The zero-order chi connectivity index (χ0) is 24.8. The van der Waals surface area contributed by atoms with Crippen LogP contribution in [0.5, 0.6) is 0 Å². The van der Waals surface area contributed by atoms with Crippen LogP contribution in [-0.4, -0.2) is 15.0 Å². The zero-order valence-electron chi connectivity index (χ0n) is 20.3. The van der Waals surface area contributed by atoms with Crippen molar-refractivity contribution in [2.45, 2.75) is 33.1 Å². The number of fused-ring (bicyclic) bond motifs is 1. The summed E-state index contributed by atoms with van der Waals surface area (Å²) in [5.74, 6) is 0.584. The SMILES string of the molecule is CCC(C)c1c[c-]c(-c2nccc3ccccc23)cc1.Cc1c(-c2ccccn2)[n-]c(=O)[nH]c1=O.[Ir]. The summed E-state index contributed by atoms with van der Waals surface area (Å²) in [6, 6.07) is 25.5. The van der Waals surface area contributed by atoms with Gasteiger partial charge in [0, 0.05) is 32.5 Å². The Morgan fingerprint density at radius 1 is 0.972 bits per heavy atom. The minimum Gasteiger partial charge on any atom is -0.398 e. The molecule has 2 aromatic carbocycles. The van der Waals surface area contributed by atoms with Crippen molar-refractivity contribution >= 4 is 10.8 Å². The molecule has 0 bridgehead atoms. The van der Waals surface area contributed by atoms with Gasteiger partial charge in [-0.05, 0) is 52.8 Å². The Labute approximate surface area is 223 Å². The van der Waals surface area contributed by atoms with Crippen molar-refractivity contribution in [1.82, 2.24) is 19.9 Å². The Bertz CT molecular complexity index is 1540. The Kier molecular flexibility index (Phi) is 9.23. The number of aromatic nitrogens is 4. The minimum atomic E-state index is -0.647. The van der Waals surface area contributed by atoms with Gasteiger partial charge in [-0.1, -0.05) is 56.5 Å². The van der Waals surface area contributed by atoms with Crippen LogP contribution in [0.25, 0.3) is 33.4 Å². The van der Waals surface area contributed by atoms with E-state index in [-0.39, 0.29) is 20.1 Å². The molecule has 0 saturated carbocycles. The van der Waals surface area contributed by atoms with Gasteiger partial charge in [-0.25, -0.2) is 0 Å². The van der Waals surface area contributed by atoms with E-state index in [1.807, 2.05) is 12.3 Å². The van der Waals surface area contributed by atoms with Crippen LogP contribution in [0.2, 0.25) is 0 Å². The molecular formula is C29H26IrN4O2-2. The number of nitrogens with zero attached hydrogens (tertiary/aromatic N) is 3. The second-order valence-corrected chi connectivity index (χ2v) is 8.29. The molecule has 0 saturated heterocycles. The summed E-state index contributed by atoms with van der Waals surface area (Å²) in [5, 5.41) is 2.40. The predicted octanol–water partition coefficient (Wildman–Crippen LogP) is 5.28. The molecule has 5 aromatic rings. The van der Waals surface area contributed by atoms with Crippen molar-refractivity contribution in [1.29, 1.82) is 0 Å². The average Bonchev–Trinajstić information content (AvgIpc) is 2.91. The summed E-state index contributed by atoms with van der Waals surface area (Å²) < 4.78 is 0. The fraction of sp³-hybridized carbons (Fsp3) is 0.172. The van der Waals surface area contributed by atoms with E-state index in [1.54, 1.807) is 31.3 Å². The van der Waals surface area contributed by atoms with Crippen LogP contribution in [0.4, 0.5) is 0 Å². The molecule has 1 atom stereocenters. The van der Waals surface area contributed by atoms with E-state index >= 15 is 0 Å². The first-order valence-electron chi connectivity index (χ1n) is 11.5. The van der Waals surface area contributed by atoms with Gasteiger partial charge >= 0.3 is 0 Å². The maximum absolute atomic E-state index is 11.3. The normalized spacial score (nSPS) is 11.2. The molecule has 0 aliphatic rings. The molecule has 36 heavy (non-hydrogen) atoms. The molecular weight excluding hydrogens is 629 g/mol. The van der Waals surface area contributed by atoms with Crippen LogP contribution in [-0.2, 0) is 20.1 Å². The topological polar surface area (TPSA) is 89.8 Å². The monoisotopic (exact) mass is 655 g/mol. The standard InChI is InChI=1S/C19H18N.C10H9N3O2.Ir/c1-3-14(2)15-8-10-17(11-9-15)19-18-7-5-4-6-16(18)12-13-20-19;1-6-8(7-4-2-3-5-11-7)12-10(15)13-9(6)14;/h4-10,12-14H,3H2,1-2H3;2-5H,1H3,(H2,12,13,14,15);/q-1;;/p-1. The summed E-state index contributed by atoms with van der Waals surface area (Å²) in [5.41, 5.74) is 3.61. The van der Waals surface area contributed by atoms with Crippen LogP contribution >= 0.6 is 0 Å². The molecule has 3 aromatic heterocycles. The van der Waals surface area contributed by atoms with Crippen molar-refractivity contribution in [3.05, 3.63) is 117 Å². The summed E-state index contributed by atoms with van der Waals surface area (Å²) >= 11 is 0. The zero-order valence-corrected chi connectivity index (χ0v) is 22.7. The first-order chi connectivity index (χ1) is 17.0. The van der Waals surface area contributed by atoms with E-state index in [9.17, 15) is 9.59 Å². The number of H-pyrrole nitrogens is 1. The van der Waals surface area contributed by atoms with Crippen LogP contribution in [0.1, 0.15) is 37.3 Å². The summed E-state index contributed by atoms with van der Waals surface area (Å²) in [7, 11) is 0. The maximum atomic E-state index is 11.3. The third-order valence-corrected chi connectivity index (χ3v) is 5.98. The molecule has 1 radical (unpaired) electrons. The predicted molar refractivity (Wildman–Crippen MR) is 139 cm³/mol. The van der Waals surface area contributed by atoms with Crippen molar-refractivity contribution in [3.8, 4) is 22.6 Å². The number of pyridine rings is 2. The molecule has 0 fully saturated rings. The molecule has 0 amide bonds. The molecule has 185 valence electrons. The largest absolute Gasteiger partial charge is 0.398 e. The first-order valence-corrected chi connectivity index (χ1v) is 11.5. The average molecular weight is 655 g/mol. The summed E-state index contributed by atoms with van der Waals surface area (Å²) in [4.78, 5) is 36.8. The van der Waals surface area contributed by atoms with E-state index in [0.29, 0.717) is 22.9 Å². The maximum Gasteiger partial charge on any atom is 0.174 e. The van der Waals surface area contributed by atoms with E-state index in [2.05, 4.69) is 82.3 Å². The number of hydrogen-bond donors (Lipinski definition) is 1. The molecule has 0 spiro atoms. The molecule has 0 aliphatic carbocycles. The Morgan fingerprint density at radius 3 is 2.44 bits per heavy atom. The van der Waals surface area contributed by atoms with Gasteiger partial charge in [0.1, 0.15) is 0 Å². The van der Waals surface area contributed by atoms with Gasteiger partial charge in [-0.3, -0.25) is 14.6 Å². The van der Waals surface area contributed by atoms with Gasteiger partial charge in [0.05, 0.1) is 5.69 Å². The molecule has 3 heterocycles. The Hall–Kier alpha value is -3.67. The first kappa shape index (κ1) is 26.9. The van der Waals surface area contributed by atoms with Gasteiger partial charge in [-0.2, -0.15) is 0 Å². The second-order valence-electron chi connectivity index (χ2n) is 8.29. The van der Waals surface area contributed by atoms with E-state index in [0.717, 1.165) is 17.7 Å². The van der Waals surface area contributed by atoms with E-state index in [4.69, 9.17) is 0 Å². The fourth-order valence-electron chi connectivity index (χ4n) is 3.72. The molecule has 5 rings (SSSR count). The van der Waals surface area contributed by atoms with E-state index in [1.165, 1.54) is 16.3 Å². The number of hydrogen-bond acceptors (Lipinski definition) is 4. The molecule has 1 unspecified atom stereocenters. The number of benzene rings is 2. The number of aromatic amines is 1. The van der Waals surface area contributed by atoms with Crippen molar-refractivity contribution in [2.24, 2.45) is 0 Å². The molecule has 1 N–H and O–H groups in total. The smallest absolute Gasteiger partial charge is 0.174 e. The molecule has 0 aliphatic heterocycles. The fourth-order valence-corrected chi connectivity index (χ4v) is 3.72. The van der Waals surface area contributed by atoms with Crippen molar-refractivity contribution < 1.29 is 20.1 Å². The van der Waals surface area contributed by atoms with Gasteiger partial charge in [0.25, 0.3) is 0 Å². The second kappa shape index (κ2) is 12.3. The van der Waals surface area contributed by atoms with Crippen molar-refractivity contribution in [2.75, 3.05) is 0 Å². The van der Waals surface area contributed by atoms with Gasteiger partial charge < -0.3 is 15.0 Å². The number of nitrogens with one attached hydrogen (secondary N) is 1. The van der Waals surface area contributed by atoms with Gasteiger partial charge in [0.2, 0.25) is 0 Å². The summed E-state index contributed by atoms with van der Waals surface area (Å²) in [6.07, 6.45) is 4.61. The van der Waals surface area contributed by atoms with Crippen molar-refractivity contribution in [3.63, 3.8) is 0 Å². The molecule has 6 nitrogen and oxygen atoms in total. The Morgan fingerprint density at radius 2 is 1.75 bits per heavy atom. The summed E-state index contributed by atoms with van der Waals surface area (Å²) in [6.45, 7) is 6.07. The third-order valence-electron chi connectivity index (χ3n) is 5.98. The minimum absolute atomic E-state index is 0.